The van der Waals surface area contributed by atoms with Crippen LogP contribution in [0.4, 0.5) is 0 Å². The standard InChI is InChI=1S/C8H19N3O2S/c1-5-6-8(2)10-11(3)7-9-14(4,12)13/h9H,5-7H2,1-4H3/b10-8+. The minimum Gasteiger partial charge on any atom is -0.285 e. The number of sulfonamides is 1. The highest BCUT2D eigenvalue weighted by Crippen LogP contribution is 1.93. The van der Waals surface area contributed by atoms with Crippen LogP contribution >= 0.6 is 0 Å². The molecule has 84 valence electrons. The van der Waals surface area contributed by atoms with Crippen LogP contribution in [-0.2, 0) is 10.0 Å². The van der Waals surface area contributed by atoms with Crippen LogP contribution in [0.5, 0.6) is 0 Å². The molecule has 0 saturated heterocycles. The summed E-state index contributed by atoms with van der Waals surface area (Å²) in [5, 5.41) is 5.77. The summed E-state index contributed by atoms with van der Waals surface area (Å²) < 4.78 is 23.9. The highest BCUT2D eigenvalue weighted by atomic mass is 32.2. The molecular weight excluding hydrogens is 202 g/mol. The van der Waals surface area contributed by atoms with Gasteiger partial charge in [-0.05, 0) is 13.3 Å². The molecule has 0 unspecified atom stereocenters. The zero-order valence-corrected chi connectivity index (χ0v) is 10.1. The molecule has 6 heteroatoms. The number of rotatable bonds is 6. The first-order chi connectivity index (χ1) is 6.35. The Morgan fingerprint density at radius 1 is 1.50 bits per heavy atom. The highest BCUT2D eigenvalue weighted by molar-refractivity contribution is 7.88. The molecule has 0 radical (unpaired) electrons. The topological polar surface area (TPSA) is 61.8 Å². The van der Waals surface area contributed by atoms with Crippen molar-refractivity contribution in [1.82, 2.24) is 9.73 Å². The van der Waals surface area contributed by atoms with E-state index in [4.69, 9.17) is 0 Å². The smallest absolute Gasteiger partial charge is 0.210 e. The normalized spacial score (nSPS) is 13.0. The van der Waals surface area contributed by atoms with Gasteiger partial charge in [-0.15, -0.1) is 0 Å². The predicted molar refractivity (Wildman–Crippen MR) is 58.6 cm³/mol. The molecule has 0 saturated carbocycles. The molecule has 0 aliphatic carbocycles. The van der Waals surface area contributed by atoms with Gasteiger partial charge in [0, 0.05) is 12.8 Å². The van der Waals surface area contributed by atoms with Gasteiger partial charge in [0.1, 0.15) is 0 Å². The fourth-order valence-electron chi connectivity index (χ4n) is 0.949. The van der Waals surface area contributed by atoms with Crippen LogP contribution in [0.25, 0.3) is 0 Å². The Kier molecular flexibility index (Phi) is 5.71. The summed E-state index contributed by atoms with van der Waals surface area (Å²) in [6.45, 7) is 4.22. The van der Waals surface area contributed by atoms with Gasteiger partial charge in [-0.3, -0.25) is 5.01 Å². The third kappa shape index (κ3) is 8.00. The van der Waals surface area contributed by atoms with E-state index in [9.17, 15) is 8.42 Å². The predicted octanol–water partition coefficient (Wildman–Crippen LogP) is 0.601. The van der Waals surface area contributed by atoms with Crippen molar-refractivity contribution in [3.05, 3.63) is 0 Å². The van der Waals surface area contributed by atoms with Gasteiger partial charge in [0.25, 0.3) is 0 Å². The lowest BCUT2D eigenvalue weighted by molar-refractivity contribution is 0.347. The Balaban J connectivity index is 3.98. The van der Waals surface area contributed by atoms with Gasteiger partial charge in [-0.2, -0.15) is 9.82 Å². The Morgan fingerprint density at radius 2 is 2.07 bits per heavy atom. The summed E-state index contributed by atoms with van der Waals surface area (Å²) in [5.74, 6) is 0. The molecule has 5 nitrogen and oxygen atoms in total. The summed E-state index contributed by atoms with van der Waals surface area (Å²) in [7, 11) is -1.39. The first-order valence-electron chi connectivity index (χ1n) is 4.55. The van der Waals surface area contributed by atoms with Crippen molar-refractivity contribution in [2.45, 2.75) is 26.7 Å². The lowest BCUT2D eigenvalue weighted by atomic mass is 10.2. The second kappa shape index (κ2) is 5.98. The maximum atomic E-state index is 10.8. The van der Waals surface area contributed by atoms with Crippen molar-refractivity contribution in [2.75, 3.05) is 20.0 Å². The number of nitrogens with zero attached hydrogens (tertiary/aromatic N) is 2. The van der Waals surface area contributed by atoms with Crippen molar-refractivity contribution >= 4 is 15.7 Å². The number of hydrogen-bond donors (Lipinski definition) is 1. The Bertz CT molecular complexity index is 285. The second-order valence-corrected chi connectivity index (χ2v) is 5.15. The highest BCUT2D eigenvalue weighted by Gasteiger charge is 2.01. The average molecular weight is 221 g/mol. The van der Waals surface area contributed by atoms with Crippen LogP contribution in [0.2, 0.25) is 0 Å². The monoisotopic (exact) mass is 221 g/mol. The van der Waals surface area contributed by atoms with E-state index in [2.05, 4.69) is 16.7 Å². The molecule has 0 aliphatic heterocycles. The quantitative estimate of drug-likeness (QED) is 0.406. The third-order valence-electron chi connectivity index (χ3n) is 1.51. The lowest BCUT2D eigenvalue weighted by Crippen LogP contribution is -2.32. The van der Waals surface area contributed by atoms with Gasteiger partial charge >= 0.3 is 0 Å². The number of hydrazone groups is 1. The molecule has 1 N–H and O–H groups in total. The molecule has 0 heterocycles. The van der Waals surface area contributed by atoms with Crippen LogP contribution in [0.15, 0.2) is 5.10 Å². The first-order valence-corrected chi connectivity index (χ1v) is 6.44. The van der Waals surface area contributed by atoms with Gasteiger partial charge in [-0.25, -0.2) is 8.42 Å². The molecule has 0 aliphatic rings. The molecule has 0 bridgehead atoms. The second-order valence-electron chi connectivity index (χ2n) is 3.32. The van der Waals surface area contributed by atoms with E-state index in [-0.39, 0.29) is 6.67 Å². The van der Waals surface area contributed by atoms with Crippen molar-refractivity contribution in [3.8, 4) is 0 Å². The van der Waals surface area contributed by atoms with E-state index in [1.807, 2.05) is 6.92 Å². The van der Waals surface area contributed by atoms with Crippen molar-refractivity contribution in [2.24, 2.45) is 5.10 Å². The molecular formula is C8H19N3O2S. The SMILES string of the molecule is CCC/C(C)=N/N(C)CNS(C)(=O)=O. The molecule has 0 rings (SSSR count). The minimum absolute atomic E-state index is 0.208. The van der Waals surface area contributed by atoms with Gasteiger partial charge < -0.3 is 0 Å². The largest absolute Gasteiger partial charge is 0.285 e. The zero-order valence-electron chi connectivity index (χ0n) is 9.24. The van der Waals surface area contributed by atoms with Gasteiger partial charge in [-0.1, -0.05) is 13.3 Å². The van der Waals surface area contributed by atoms with E-state index < -0.39 is 10.0 Å². The Morgan fingerprint density at radius 3 is 2.50 bits per heavy atom. The first kappa shape index (κ1) is 13.4. The fourth-order valence-corrected chi connectivity index (χ4v) is 1.37. The van der Waals surface area contributed by atoms with Gasteiger partial charge in [0.05, 0.1) is 12.9 Å². The fraction of sp³-hybridized carbons (Fsp3) is 0.875. The third-order valence-corrected chi connectivity index (χ3v) is 2.16. The van der Waals surface area contributed by atoms with Crippen LogP contribution in [-0.4, -0.2) is 39.1 Å². The van der Waals surface area contributed by atoms with E-state index in [1.54, 1.807) is 12.1 Å². The molecule has 0 atom stereocenters. The van der Waals surface area contributed by atoms with E-state index in [0.717, 1.165) is 24.8 Å². The summed E-state index contributed by atoms with van der Waals surface area (Å²) in [6.07, 6.45) is 3.11. The molecule has 0 fully saturated rings. The Labute approximate surface area is 86.2 Å². The van der Waals surface area contributed by atoms with Gasteiger partial charge in [0.2, 0.25) is 10.0 Å². The summed E-state index contributed by atoms with van der Waals surface area (Å²) in [4.78, 5) is 0. The summed E-state index contributed by atoms with van der Waals surface area (Å²) >= 11 is 0. The number of hydrogen-bond acceptors (Lipinski definition) is 4. The number of nitrogens with one attached hydrogen (secondary N) is 1. The van der Waals surface area contributed by atoms with E-state index in [0.29, 0.717) is 0 Å². The summed E-state index contributed by atoms with van der Waals surface area (Å²) in [6, 6.07) is 0. The van der Waals surface area contributed by atoms with E-state index >= 15 is 0 Å². The molecule has 0 aromatic rings. The average Bonchev–Trinajstić information content (AvgIpc) is 2.00. The maximum absolute atomic E-state index is 10.8. The zero-order chi connectivity index (χ0) is 11.2. The lowest BCUT2D eigenvalue weighted by Gasteiger charge is -2.14. The maximum Gasteiger partial charge on any atom is 0.210 e. The van der Waals surface area contributed by atoms with Crippen molar-refractivity contribution in [3.63, 3.8) is 0 Å². The van der Waals surface area contributed by atoms with Crippen LogP contribution in [0.3, 0.4) is 0 Å². The molecule has 0 amide bonds. The Hall–Kier alpha value is -0.620. The van der Waals surface area contributed by atoms with Crippen LogP contribution < -0.4 is 4.72 Å². The summed E-state index contributed by atoms with van der Waals surface area (Å²) in [5.41, 5.74) is 1.00. The molecule has 0 aromatic heterocycles. The van der Waals surface area contributed by atoms with Crippen molar-refractivity contribution < 1.29 is 8.42 Å². The molecule has 14 heavy (non-hydrogen) atoms. The van der Waals surface area contributed by atoms with Gasteiger partial charge in [0.15, 0.2) is 0 Å². The molecule has 0 aromatic carbocycles. The van der Waals surface area contributed by atoms with Crippen LogP contribution in [0.1, 0.15) is 26.7 Å². The van der Waals surface area contributed by atoms with E-state index in [1.165, 1.54) is 0 Å². The van der Waals surface area contributed by atoms with Crippen LogP contribution in [0, 0.1) is 0 Å². The minimum atomic E-state index is -3.13. The molecule has 0 spiro atoms. The van der Waals surface area contributed by atoms with Crippen molar-refractivity contribution in [1.29, 1.82) is 0 Å².